The second kappa shape index (κ2) is 27.7. The van der Waals surface area contributed by atoms with Gasteiger partial charge in [0.1, 0.15) is 40.2 Å². The fraction of sp³-hybridized carbons (Fsp3) is 0.442. The molecule has 5 aromatic heterocycles. The molecule has 390 valence electrons. The van der Waals surface area contributed by atoms with Crippen LogP contribution >= 0.6 is 0 Å². The van der Waals surface area contributed by atoms with Crippen molar-refractivity contribution in [1.82, 2.24) is 43.8 Å². The van der Waals surface area contributed by atoms with Gasteiger partial charge in [-0.3, -0.25) is 19.1 Å². The summed E-state index contributed by atoms with van der Waals surface area (Å²) in [5.74, 6) is 2.39. The van der Waals surface area contributed by atoms with Crippen molar-refractivity contribution in [3.8, 4) is 23.0 Å². The summed E-state index contributed by atoms with van der Waals surface area (Å²) in [5, 5.41) is 9.15. The fourth-order valence-corrected chi connectivity index (χ4v) is 7.44. The minimum absolute atomic E-state index is 0.238. The summed E-state index contributed by atoms with van der Waals surface area (Å²) in [6.07, 6.45) is 8.05. The summed E-state index contributed by atoms with van der Waals surface area (Å²) >= 11 is 0. The molecular weight excluding hydrogens is 921 g/mol. The van der Waals surface area contributed by atoms with Gasteiger partial charge in [-0.2, -0.15) is 5.10 Å². The molecule has 20 nitrogen and oxygen atoms in total. The van der Waals surface area contributed by atoms with E-state index in [1.54, 1.807) is 58.6 Å². The zero-order valence-corrected chi connectivity index (χ0v) is 44.7. The number of hydrogen-bond donors (Lipinski definition) is 3. The number of imidazole rings is 1. The fourth-order valence-electron chi connectivity index (χ4n) is 7.44. The minimum Gasteiger partial charge on any atom is -0.494 e. The van der Waals surface area contributed by atoms with E-state index in [-0.39, 0.29) is 12.2 Å². The number of carbonyl (C=O) groups excluding carboxylic acids is 4. The number of nitrogens with one attached hydrogen (secondary N) is 1. The molecule has 0 aliphatic heterocycles. The Morgan fingerprint density at radius 3 is 2.14 bits per heavy atom. The number of amides is 2. The highest BCUT2D eigenvalue weighted by molar-refractivity contribution is 6.11. The highest BCUT2D eigenvalue weighted by atomic mass is 16.6. The number of carbonyl (C=O) groups is 4. The molecular formula is C52H74N12O8. The Balaban J connectivity index is 0.000000743. The van der Waals surface area contributed by atoms with E-state index in [4.69, 9.17) is 34.3 Å². The van der Waals surface area contributed by atoms with Gasteiger partial charge < -0.3 is 49.4 Å². The largest absolute Gasteiger partial charge is 0.494 e. The maximum atomic E-state index is 12.6. The molecule has 5 heterocycles. The van der Waals surface area contributed by atoms with Crippen LogP contribution < -0.4 is 26.3 Å². The molecule has 72 heavy (non-hydrogen) atoms. The molecule has 5 N–H and O–H groups in total. The Labute approximate surface area is 422 Å². The van der Waals surface area contributed by atoms with Crippen LogP contribution in [-0.2, 0) is 30.8 Å². The van der Waals surface area contributed by atoms with Gasteiger partial charge >= 0.3 is 6.09 Å². The monoisotopic (exact) mass is 995 g/mol. The average Bonchev–Trinajstić information content (AvgIpc) is 4.15. The third-order valence-corrected chi connectivity index (χ3v) is 10.4. The predicted octanol–water partition coefficient (Wildman–Crippen LogP) is 8.97. The summed E-state index contributed by atoms with van der Waals surface area (Å²) < 4.78 is 28.4. The first-order valence-corrected chi connectivity index (χ1v) is 24.1. The molecule has 0 atom stereocenters. The summed E-state index contributed by atoms with van der Waals surface area (Å²) in [5.41, 5.74) is 15.5. The van der Waals surface area contributed by atoms with E-state index in [2.05, 4.69) is 26.1 Å². The molecule has 0 bridgehead atoms. The van der Waals surface area contributed by atoms with Crippen LogP contribution in [0, 0.1) is 13.8 Å². The SMILES string of the molecule is CC.CC.CCc1nc(C)oc1C=O.CCn1nc(C)cc1-c1ncc2c3cc(C(N)=O)cc(OCCCN(C)C(=O)OC(C)(C)C)c3n(C/C=C/Cn3c(NC)nc4cc(C=O)cc(OC)c43)c2n1.CN. The lowest BCUT2D eigenvalue weighted by Gasteiger charge is -2.24. The van der Waals surface area contributed by atoms with Gasteiger partial charge in [-0.05, 0) is 84.8 Å². The molecule has 0 aliphatic carbocycles. The predicted molar refractivity (Wildman–Crippen MR) is 283 cm³/mol. The molecule has 0 aliphatic rings. The zero-order chi connectivity index (χ0) is 53.9. The van der Waals surface area contributed by atoms with Gasteiger partial charge in [-0.1, -0.05) is 46.8 Å². The van der Waals surface area contributed by atoms with Gasteiger partial charge in [0.05, 0.1) is 36.1 Å². The smallest absolute Gasteiger partial charge is 0.410 e. The normalized spacial score (nSPS) is 10.8. The second-order valence-electron chi connectivity index (χ2n) is 16.4. The first-order valence-electron chi connectivity index (χ1n) is 24.1. The number of benzene rings is 2. The quantitative estimate of drug-likeness (QED) is 0.0437. The van der Waals surface area contributed by atoms with Crippen LogP contribution in [0.25, 0.3) is 44.5 Å². The van der Waals surface area contributed by atoms with Crippen molar-refractivity contribution in [2.45, 2.75) is 114 Å². The van der Waals surface area contributed by atoms with Crippen LogP contribution in [0.5, 0.6) is 11.5 Å². The number of methoxy groups -OCH3 is 1. The van der Waals surface area contributed by atoms with Crippen LogP contribution in [0.15, 0.2) is 53.1 Å². The Morgan fingerprint density at radius 2 is 1.57 bits per heavy atom. The molecule has 7 rings (SSSR count). The Bertz CT molecular complexity index is 2940. The van der Waals surface area contributed by atoms with Crippen molar-refractivity contribution in [3.63, 3.8) is 0 Å². The molecule has 0 fully saturated rings. The van der Waals surface area contributed by atoms with Gasteiger partial charge in [0, 0.05) is 75.3 Å². The van der Waals surface area contributed by atoms with Crippen LogP contribution in [-0.4, -0.2) is 115 Å². The molecule has 0 saturated heterocycles. The van der Waals surface area contributed by atoms with Crippen molar-refractivity contribution in [2.24, 2.45) is 11.5 Å². The number of fused-ring (bicyclic) bond motifs is 4. The van der Waals surface area contributed by atoms with Gasteiger partial charge in [-0.25, -0.2) is 24.7 Å². The van der Waals surface area contributed by atoms with Crippen LogP contribution in [0.3, 0.4) is 0 Å². The molecule has 0 saturated carbocycles. The number of aldehydes is 2. The van der Waals surface area contributed by atoms with Crippen molar-refractivity contribution in [3.05, 3.63) is 82.8 Å². The first-order chi connectivity index (χ1) is 34.5. The minimum atomic E-state index is -0.613. The summed E-state index contributed by atoms with van der Waals surface area (Å²) in [7, 11) is 6.52. The topological polar surface area (TPSA) is 256 Å². The van der Waals surface area contributed by atoms with Crippen molar-refractivity contribution < 1.29 is 37.8 Å². The Morgan fingerprint density at radius 1 is 0.889 bits per heavy atom. The van der Waals surface area contributed by atoms with Crippen molar-refractivity contribution >= 4 is 63.5 Å². The summed E-state index contributed by atoms with van der Waals surface area (Å²) in [6, 6.07) is 8.75. The number of nitrogens with two attached hydrogens (primary N) is 2. The molecule has 2 aromatic carbocycles. The number of primary amides is 1. The molecule has 0 spiro atoms. The van der Waals surface area contributed by atoms with Gasteiger partial charge in [-0.15, -0.1) is 0 Å². The van der Waals surface area contributed by atoms with Crippen molar-refractivity contribution in [2.75, 3.05) is 46.7 Å². The van der Waals surface area contributed by atoms with E-state index in [0.717, 1.165) is 35.3 Å². The van der Waals surface area contributed by atoms with Gasteiger partial charge in [0.15, 0.2) is 23.8 Å². The van der Waals surface area contributed by atoms with E-state index in [1.807, 2.05) is 101 Å². The molecule has 2 amide bonds. The Kier molecular flexibility index (Phi) is 22.6. The highest BCUT2D eigenvalue weighted by Gasteiger charge is 2.23. The van der Waals surface area contributed by atoms with E-state index < -0.39 is 17.6 Å². The van der Waals surface area contributed by atoms with Crippen LogP contribution in [0.4, 0.5) is 10.7 Å². The standard InChI is InChI=1S/C40H48N10O6.C7H9NO2.2C2H6.CH5N/c1-9-50-30(17-24(2)46-50)36-43-22-28-27-20-26(35(41)52)21-32(55-16-12-13-47(7)39(53)56-40(3,4)5)33(27)48(37(28)45-36)14-10-11-15-49-34-29(44-38(49)42-6)18-25(23-51)19-31(34)54-8;1-3-6-7(4-9)10-5(2)8-6;3*1-2/h10-11,17-23H,9,12-16H2,1-8H3,(H2,41,52)(H,42,44);4H,3H2,1-2H3;2*1-2H3;2H2,1H3/b11-10+;;;;. The number of rotatable bonds is 17. The van der Waals surface area contributed by atoms with Gasteiger partial charge in [0.25, 0.3) is 0 Å². The third-order valence-electron chi connectivity index (χ3n) is 10.4. The highest BCUT2D eigenvalue weighted by Crippen LogP contribution is 2.37. The number of hydrogen-bond acceptors (Lipinski definition) is 15. The van der Waals surface area contributed by atoms with E-state index in [0.29, 0.717) is 107 Å². The molecule has 0 unspecified atom stereocenters. The Hall–Kier alpha value is -7.61. The number of oxazole rings is 1. The summed E-state index contributed by atoms with van der Waals surface area (Å²) in [6.45, 7) is 23.1. The van der Waals surface area contributed by atoms with Crippen LogP contribution in [0.1, 0.15) is 117 Å². The molecule has 20 heteroatoms. The maximum Gasteiger partial charge on any atom is 0.410 e. The van der Waals surface area contributed by atoms with Crippen molar-refractivity contribution in [1.29, 1.82) is 0 Å². The molecule has 7 aromatic rings. The van der Waals surface area contributed by atoms with Crippen LogP contribution in [0.2, 0.25) is 0 Å². The maximum absolute atomic E-state index is 12.6. The summed E-state index contributed by atoms with van der Waals surface area (Å²) in [4.78, 5) is 67.0. The first kappa shape index (κ1) is 58.7. The molecule has 0 radical (unpaired) electrons. The number of anilines is 1. The third kappa shape index (κ3) is 14.3. The lowest BCUT2D eigenvalue weighted by Crippen LogP contribution is -2.35. The van der Waals surface area contributed by atoms with E-state index in [1.165, 1.54) is 11.9 Å². The lowest BCUT2D eigenvalue weighted by atomic mass is 10.1. The number of aromatic nitrogens is 8. The second-order valence-corrected chi connectivity index (χ2v) is 16.4. The lowest BCUT2D eigenvalue weighted by molar-refractivity contribution is 0.0291. The van der Waals surface area contributed by atoms with E-state index >= 15 is 0 Å². The van der Waals surface area contributed by atoms with Gasteiger partial charge in [0.2, 0.25) is 11.9 Å². The number of aryl methyl sites for hydroxylation is 4. The number of ether oxygens (including phenoxy) is 3. The number of nitrogens with zero attached hydrogens (tertiary/aromatic N) is 9. The van der Waals surface area contributed by atoms with E-state index in [9.17, 15) is 19.2 Å². The average molecular weight is 995 g/mol. The zero-order valence-electron chi connectivity index (χ0n) is 44.7. The number of allylic oxidation sites excluding steroid dienone is 2.